The van der Waals surface area contributed by atoms with Crippen LogP contribution in [-0.2, 0) is 11.3 Å². The molecule has 0 aliphatic carbocycles. The maximum Gasteiger partial charge on any atom is 0.220 e. The molecule has 3 N–H and O–H groups in total. The Morgan fingerprint density at radius 2 is 1.88 bits per heavy atom. The second-order valence-corrected chi connectivity index (χ2v) is 6.70. The molecule has 1 atom stereocenters. The van der Waals surface area contributed by atoms with Gasteiger partial charge < -0.3 is 11.1 Å². The molecule has 4 nitrogen and oxygen atoms in total. The van der Waals surface area contributed by atoms with Gasteiger partial charge in [0.2, 0.25) is 5.91 Å². The second-order valence-electron chi connectivity index (χ2n) is 6.26. The zero-order valence-corrected chi connectivity index (χ0v) is 16.4. The number of nitrogens with two attached hydrogens (primary N) is 1. The second kappa shape index (κ2) is 11.9. The first-order valence-electron chi connectivity index (χ1n) is 8.04. The van der Waals surface area contributed by atoms with Crippen molar-refractivity contribution in [3.8, 4) is 0 Å². The summed E-state index contributed by atoms with van der Waals surface area (Å²) in [6.07, 6.45) is 3.30. The van der Waals surface area contributed by atoms with Crippen molar-refractivity contribution in [1.29, 1.82) is 0 Å². The number of hydrogen-bond acceptors (Lipinski definition) is 3. The summed E-state index contributed by atoms with van der Waals surface area (Å²) >= 11 is 5.91. The molecule has 138 valence electrons. The lowest BCUT2D eigenvalue weighted by Gasteiger charge is -2.32. The van der Waals surface area contributed by atoms with Crippen molar-refractivity contribution in [3.63, 3.8) is 0 Å². The lowest BCUT2D eigenvalue weighted by atomic mass is 10.0. The fourth-order valence-electron chi connectivity index (χ4n) is 2.74. The normalized spacial score (nSPS) is 16.6. The van der Waals surface area contributed by atoms with Crippen LogP contribution in [-0.4, -0.2) is 36.0 Å². The molecule has 1 aliphatic rings. The van der Waals surface area contributed by atoms with E-state index in [4.69, 9.17) is 17.3 Å². The summed E-state index contributed by atoms with van der Waals surface area (Å²) in [6.45, 7) is 4.91. The Kier molecular flexibility index (Phi) is 11.7. The summed E-state index contributed by atoms with van der Waals surface area (Å²) in [7, 11) is 0. The largest absolute Gasteiger partial charge is 0.353 e. The van der Waals surface area contributed by atoms with E-state index >= 15 is 0 Å². The maximum absolute atomic E-state index is 11.8. The number of rotatable bonds is 6. The van der Waals surface area contributed by atoms with E-state index in [0.717, 1.165) is 43.9 Å². The summed E-state index contributed by atoms with van der Waals surface area (Å²) < 4.78 is 0. The van der Waals surface area contributed by atoms with E-state index in [0.29, 0.717) is 12.5 Å². The van der Waals surface area contributed by atoms with Crippen molar-refractivity contribution in [2.75, 3.05) is 13.1 Å². The van der Waals surface area contributed by atoms with Crippen LogP contribution in [0.15, 0.2) is 24.3 Å². The van der Waals surface area contributed by atoms with Gasteiger partial charge in [0.05, 0.1) is 0 Å². The quantitative estimate of drug-likeness (QED) is 0.775. The van der Waals surface area contributed by atoms with Crippen molar-refractivity contribution < 1.29 is 4.79 Å². The Hall–Kier alpha value is -0.520. The lowest BCUT2D eigenvalue weighted by Crippen LogP contribution is -2.44. The number of halogens is 3. The van der Waals surface area contributed by atoms with Crippen LogP contribution in [0.3, 0.4) is 0 Å². The zero-order chi connectivity index (χ0) is 15.9. The van der Waals surface area contributed by atoms with E-state index in [-0.39, 0.29) is 36.8 Å². The third-order valence-corrected chi connectivity index (χ3v) is 4.35. The Bertz CT molecular complexity index is 474. The predicted octanol–water partition coefficient (Wildman–Crippen LogP) is 3.39. The SMILES string of the molecule is CC(N)CCC(=O)NC1CCN(Cc2ccc(Cl)cc2)CC1.Cl.Cl. The number of carbonyl (C=O) groups excluding carboxylic acids is 1. The average Bonchev–Trinajstić information content (AvgIpc) is 2.49. The molecule has 2 rings (SSSR count). The van der Waals surface area contributed by atoms with Crippen molar-refractivity contribution >= 4 is 42.3 Å². The third kappa shape index (κ3) is 8.54. The van der Waals surface area contributed by atoms with Crippen molar-refractivity contribution in [1.82, 2.24) is 10.2 Å². The Morgan fingerprint density at radius 1 is 1.29 bits per heavy atom. The minimum atomic E-state index is 0. The van der Waals surface area contributed by atoms with E-state index in [1.54, 1.807) is 0 Å². The smallest absolute Gasteiger partial charge is 0.220 e. The number of nitrogens with one attached hydrogen (secondary N) is 1. The summed E-state index contributed by atoms with van der Waals surface area (Å²) in [5.41, 5.74) is 6.96. The van der Waals surface area contributed by atoms with Gasteiger partial charge in [0, 0.05) is 43.2 Å². The molecule has 0 saturated carbocycles. The van der Waals surface area contributed by atoms with Crippen LogP contribution in [0, 0.1) is 0 Å². The summed E-state index contributed by atoms with van der Waals surface area (Å²) in [5.74, 6) is 0.133. The van der Waals surface area contributed by atoms with Gasteiger partial charge in [0.15, 0.2) is 0 Å². The Morgan fingerprint density at radius 3 is 2.42 bits per heavy atom. The number of likely N-dealkylation sites (tertiary alicyclic amines) is 1. The predicted molar refractivity (Wildman–Crippen MR) is 105 cm³/mol. The molecule has 0 radical (unpaired) electrons. The van der Waals surface area contributed by atoms with Gasteiger partial charge in [0.1, 0.15) is 0 Å². The molecule has 24 heavy (non-hydrogen) atoms. The number of hydrogen-bond donors (Lipinski definition) is 2. The minimum absolute atomic E-state index is 0. The van der Waals surface area contributed by atoms with Crippen molar-refractivity contribution in [2.24, 2.45) is 5.73 Å². The average molecular weight is 397 g/mol. The minimum Gasteiger partial charge on any atom is -0.353 e. The maximum atomic E-state index is 11.8. The molecule has 1 fully saturated rings. The molecule has 0 aromatic heterocycles. The van der Waals surface area contributed by atoms with Gasteiger partial charge >= 0.3 is 0 Å². The molecule has 1 heterocycles. The van der Waals surface area contributed by atoms with Crippen LogP contribution >= 0.6 is 36.4 Å². The molecule has 1 unspecified atom stereocenters. The van der Waals surface area contributed by atoms with Gasteiger partial charge in [-0.05, 0) is 43.9 Å². The van der Waals surface area contributed by atoms with Crippen LogP contribution in [0.4, 0.5) is 0 Å². The number of amides is 1. The number of carbonyl (C=O) groups is 1. The molecule has 1 aromatic carbocycles. The van der Waals surface area contributed by atoms with Gasteiger partial charge in [-0.1, -0.05) is 23.7 Å². The Labute approximate surface area is 162 Å². The van der Waals surface area contributed by atoms with E-state index in [1.807, 2.05) is 19.1 Å². The zero-order valence-electron chi connectivity index (χ0n) is 14.0. The van der Waals surface area contributed by atoms with Crippen LogP contribution in [0.1, 0.15) is 38.2 Å². The number of piperidine rings is 1. The summed E-state index contributed by atoms with van der Waals surface area (Å²) in [6, 6.07) is 8.41. The fourth-order valence-corrected chi connectivity index (χ4v) is 2.87. The number of nitrogens with zero attached hydrogens (tertiary/aromatic N) is 1. The number of benzene rings is 1. The van der Waals surface area contributed by atoms with Gasteiger partial charge in [-0.15, -0.1) is 24.8 Å². The third-order valence-electron chi connectivity index (χ3n) is 4.10. The van der Waals surface area contributed by atoms with Crippen LogP contribution in [0.25, 0.3) is 0 Å². The Balaban J connectivity index is 0.00000264. The first-order chi connectivity index (χ1) is 10.5. The standard InChI is InChI=1S/C17H26ClN3O.2ClH/c1-13(19)2-7-17(22)20-16-8-10-21(11-9-16)12-14-3-5-15(18)6-4-14;;/h3-6,13,16H,2,7-12,19H2,1H3,(H,20,22);2*1H. The highest BCUT2D eigenvalue weighted by atomic mass is 35.5. The molecule has 1 amide bonds. The highest BCUT2D eigenvalue weighted by molar-refractivity contribution is 6.30. The van der Waals surface area contributed by atoms with Crippen molar-refractivity contribution in [2.45, 2.75) is 51.2 Å². The molecule has 1 aliphatic heterocycles. The monoisotopic (exact) mass is 395 g/mol. The molecule has 0 bridgehead atoms. The molecule has 0 spiro atoms. The first-order valence-corrected chi connectivity index (χ1v) is 8.42. The van der Waals surface area contributed by atoms with E-state index < -0.39 is 0 Å². The summed E-state index contributed by atoms with van der Waals surface area (Å²) in [4.78, 5) is 14.3. The highest BCUT2D eigenvalue weighted by Crippen LogP contribution is 2.16. The van der Waals surface area contributed by atoms with Crippen molar-refractivity contribution in [3.05, 3.63) is 34.9 Å². The lowest BCUT2D eigenvalue weighted by molar-refractivity contribution is -0.122. The summed E-state index contributed by atoms with van der Waals surface area (Å²) in [5, 5.41) is 3.90. The molecule has 1 aromatic rings. The van der Waals surface area contributed by atoms with Crippen LogP contribution in [0.5, 0.6) is 0 Å². The van der Waals surface area contributed by atoms with Gasteiger partial charge in [-0.2, -0.15) is 0 Å². The van der Waals surface area contributed by atoms with Gasteiger partial charge in [-0.25, -0.2) is 0 Å². The topological polar surface area (TPSA) is 58.4 Å². The van der Waals surface area contributed by atoms with Gasteiger partial charge in [0.25, 0.3) is 0 Å². The molecular formula is C17H28Cl3N3O. The molecule has 7 heteroatoms. The van der Waals surface area contributed by atoms with E-state index in [1.165, 1.54) is 5.56 Å². The molecule has 1 saturated heterocycles. The van der Waals surface area contributed by atoms with Crippen LogP contribution in [0.2, 0.25) is 5.02 Å². The molecular weight excluding hydrogens is 369 g/mol. The van der Waals surface area contributed by atoms with E-state index in [9.17, 15) is 4.79 Å². The highest BCUT2D eigenvalue weighted by Gasteiger charge is 2.20. The van der Waals surface area contributed by atoms with Crippen LogP contribution < -0.4 is 11.1 Å². The first kappa shape index (κ1) is 23.5. The van der Waals surface area contributed by atoms with E-state index in [2.05, 4.69) is 22.3 Å². The van der Waals surface area contributed by atoms with Gasteiger partial charge in [-0.3, -0.25) is 9.69 Å². The fraction of sp³-hybridized carbons (Fsp3) is 0.588.